The van der Waals surface area contributed by atoms with E-state index in [-0.39, 0.29) is 25.7 Å². The highest BCUT2D eigenvalue weighted by atomic mass is 31.2. The van der Waals surface area contributed by atoms with Gasteiger partial charge in [0.15, 0.2) is 12.2 Å². The first-order valence-corrected chi connectivity index (χ1v) is 34.8. The van der Waals surface area contributed by atoms with Crippen LogP contribution in [-0.2, 0) is 65.4 Å². The number of esters is 4. The van der Waals surface area contributed by atoms with E-state index in [1.54, 1.807) is 0 Å². The number of aliphatic hydroxyl groups excluding tert-OH is 1. The maximum atomic E-state index is 12.9. The van der Waals surface area contributed by atoms with Gasteiger partial charge in [-0.15, -0.1) is 0 Å². The van der Waals surface area contributed by atoms with Gasteiger partial charge >= 0.3 is 39.5 Å². The largest absolute Gasteiger partial charge is 0.472 e. The standard InChI is InChI=1S/C61H118O17P2/c1-9-53(7)39-31-23-16-19-25-33-41-58(63)71-47-56(77-60(65)43-35-27-14-12-11-13-21-29-37-51(3)4)49-75-79(67,68)73-45-55(62)46-74-80(69,70)76-50-57(78-61(66)44-36-28-18-15-22-30-38-52(5)6)48-72-59(64)42-34-26-20-17-24-32-40-54(8)10-2/h51-57,62H,9-50H2,1-8H3,(H,67,68)(H,69,70)/t53?,54?,55-,56-,57-/m1/s1. The molecular weight excluding hydrogens is 1070 g/mol. The second-order valence-electron chi connectivity index (χ2n) is 23.5. The summed E-state index contributed by atoms with van der Waals surface area (Å²) in [5.41, 5.74) is 0. The molecule has 17 nitrogen and oxygen atoms in total. The Kier molecular flexibility index (Phi) is 50.2. The van der Waals surface area contributed by atoms with E-state index in [0.717, 1.165) is 120 Å². The van der Waals surface area contributed by atoms with Crippen molar-refractivity contribution in [3.63, 3.8) is 0 Å². The lowest BCUT2D eigenvalue weighted by Gasteiger charge is -2.21. The minimum Gasteiger partial charge on any atom is -0.462 e. The van der Waals surface area contributed by atoms with Gasteiger partial charge < -0.3 is 33.8 Å². The summed E-state index contributed by atoms with van der Waals surface area (Å²) in [5, 5.41) is 10.5. The van der Waals surface area contributed by atoms with Gasteiger partial charge in [-0.05, 0) is 49.4 Å². The van der Waals surface area contributed by atoms with Crippen LogP contribution >= 0.6 is 15.6 Å². The van der Waals surface area contributed by atoms with Crippen molar-refractivity contribution in [1.82, 2.24) is 0 Å². The SMILES string of the molecule is CCC(C)CCCCCCCCC(=O)OC[C@H](COP(=O)(O)OC[C@@H](O)COP(=O)(O)OC[C@@H](COC(=O)CCCCCCCCC(C)CC)OC(=O)CCCCCCCCC(C)C)OC(=O)CCCCCCCCCCC(C)C. The van der Waals surface area contributed by atoms with Crippen molar-refractivity contribution in [1.29, 1.82) is 0 Å². The molecule has 0 aliphatic heterocycles. The summed E-state index contributed by atoms with van der Waals surface area (Å²) in [6, 6.07) is 0. The van der Waals surface area contributed by atoms with Crippen LogP contribution in [0.4, 0.5) is 0 Å². The van der Waals surface area contributed by atoms with Crippen LogP contribution in [-0.4, -0.2) is 96.7 Å². The van der Waals surface area contributed by atoms with Gasteiger partial charge in [0.25, 0.3) is 0 Å². The molecule has 0 aliphatic carbocycles. The Balaban J connectivity index is 5.26. The zero-order valence-electron chi connectivity index (χ0n) is 51.7. The normalized spacial score (nSPS) is 15.2. The number of phosphoric acid groups is 2. The Labute approximate surface area is 486 Å². The number of hydrogen-bond donors (Lipinski definition) is 3. The molecule has 0 saturated carbocycles. The van der Waals surface area contributed by atoms with Crippen LogP contribution in [0, 0.1) is 23.7 Å². The second-order valence-corrected chi connectivity index (χ2v) is 26.4. The summed E-state index contributed by atoms with van der Waals surface area (Å²) in [6.45, 7) is 13.8. The molecule has 0 spiro atoms. The molecule has 19 heteroatoms. The fourth-order valence-electron chi connectivity index (χ4n) is 8.83. The van der Waals surface area contributed by atoms with Gasteiger partial charge in [-0.25, -0.2) is 9.13 Å². The monoisotopic (exact) mass is 1180 g/mol. The van der Waals surface area contributed by atoms with Crippen molar-refractivity contribution in [2.45, 2.75) is 305 Å². The highest BCUT2D eigenvalue weighted by molar-refractivity contribution is 7.47. The van der Waals surface area contributed by atoms with Crippen LogP contribution < -0.4 is 0 Å². The Morgan fingerprint density at radius 2 is 0.600 bits per heavy atom. The van der Waals surface area contributed by atoms with Crippen molar-refractivity contribution in [2.24, 2.45) is 23.7 Å². The van der Waals surface area contributed by atoms with E-state index < -0.39 is 97.5 Å². The molecule has 0 aromatic carbocycles. The number of phosphoric ester groups is 2. The molecule has 474 valence electrons. The molecule has 4 unspecified atom stereocenters. The minimum absolute atomic E-state index is 0.100. The fourth-order valence-corrected chi connectivity index (χ4v) is 10.4. The Bertz CT molecular complexity index is 1610. The quantitative estimate of drug-likeness (QED) is 0.0222. The molecule has 0 aliphatic rings. The molecule has 0 amide bonds. The number of carbonyl (C=O) groups excluding carboxylic acids is 4. The fraction of sp³-hybridized carbons (Fsp3) is 0.934. The first kappa shape index (κ1) is 78.1. The average molecular weight is 1190 g/mol. The smallest absolute Gasteiger partial charge is 0.462 e. The van der Waals surface area contributed by atoms with Crippen molar-refractivity contribution >= 4 is 39.5 Å². The highest BCUT2D eigenvalue weighted by Crippen LogP contribution is 2.45. The van der Waals surface area contributed by atoms with E-state index in [9.17, 15) is 43.2 Å². The third-order valence-corrected chi connectivity index (χ3v) is 16.4. The third kappa shape index (κ3) is 52.8. The van der Waals surface area contributed by atoms with Crippen molar-refractivity contribution in [3.05, 3.63) is 0 Å². The molecule has 80 heavy (non-hydrogen) atoms. The van der Waals surface area contributed by atoms with E-state index >= 15 is 0 Å². The Hall–Kier alpha value is -1.94. The molecule has 0 saturated heterocycles. The first-order chi connectivity index (χ1) is 38.2. The van der Waals surface area contributed by atoms with Crippen LogP contribution in [0.2, 0.25) is 0 Å². The number of ether oxygens (including phenoxy) is 4. The first-order valence-electron chi connectivity index (χ1n) is 31.8. The van der Waals surface area contributed by atoms with E-state index in [4.69, 9.17) is 37.0 Å². The number of hydrogen-bond acceptors (Lipinski definition) is 15. The van der Waals surface area contributed by atoms with E-state index in [1.807, 2.05) is 0 Å². The molecule has 0 rings (SSSR count). The van der Waals surface area contributed by atoms with E-state index in [2.05, 4.69) is 55.4 Å². The number of carbonyl (C=O) groups is 4. The summed E-state index contributed by atoms with van der Waals surface area (Å²) in [5.74, 6) is 0.700. The maximum absolute atomic E-state index is 12.9. The summed E-state index contributed by atoms with van der Waals surface area (Å²) in [6.07, 6.45) is 29.6. The lowest BCUT2D eigenvalue weighted by atomic mass is 10.00. The van der Waals surface area contributed by atoms with Crippen LogP contribution in [0.15, 0.2) is 0 Å². The molecule has 0 aromatic heterocycles. The van der Waals surface area contributed by atoms with Crippen LogP contribution in [0.25, 0.3) is 0 Å². The van der Waals surface area contributed by atoms with Crippen molar-refractivity contribution in [2.75, 3.05) is 39.6 Å². The Morgan fingerprint density at radius 1 is 0.350 bits per heavy atom. The number of unbranched alkanes of at least 4 members (excludes halogenated alkanes) is 22. The lowest BCUT2D eigenvalue weighted by molar-refractivity contribution is -0.161. The highest BCUT2D eigenvalue weighted by Gasteiger charge is 2.30. The molecule has 0 bridgehead atoms. The zero-order valence-corrected chi connectivity index (χ0v) is 53.5. The van der Waals surface area contributed by atoms with Gasteiger partial charge in [-0.3, -0.25) is 37.3 Å². The van der Waals surface area contributed by atoms with Gasteiger partial charge in [-0.2, -0.15) is 0 Å². The minimum atomic E-state index is -4.94. The van der Waals surface area contributed by atoms with Crippen LogP contribution in [0.3, 0.4) is 0 Å². The summed E-state index contributed by atoms with van der Waals surface area (Å²) in [7, 11) is -9.88. The lowest BCUT2D eigenvalue weighted by Crippen LogP contribution is -2.30. The summed E-state index contributed by atoms with van der Waals surface area (Å²) < 4.78 is 67.8. The number of rotatable bonds is 58. The topological polar surface area (TPSA) is 237 Å². The number of aliphatic hydroxyl groups is 1. The van der Waals surface area contributed by atoms with Gasteiger partial charge in [-0.1, -0.05) is 235 Å². The zero-order chi connectivity index (χ0) is 59.7. The molecule has 0 radical (unpaired) electrons. The van der Waals surface area contributed by atoms with E-state index in [0.29, 0.717) is 31.6 Å². The van der Waals surface area contributed by atoms with Gasteiger partial charge in [0.2, 0.25) is 0 Å². The predicted octanol–water partition coefficient (Wildman–Crippen LogP) is 16.2. The van der Waals surface area contributed by atoms with E-state index in [1.165, 1.54) is 77.0 Å². The molecule has 0 aromatic rings. The Morgan fingerprint density at radius 3 is 0.887 bits per heavy atom. The molecule has 7 atom stereocenters. The molecule has 3 N–H and O–H groups in total. The van der Waals surface area contributed by atoms with Gasteiger partial charge in [0, 0.05) is 25.7 Å². The third-order valence-electron chi connectivity index (χ3n) is 14.5. The molecular formula is C61H118O17P2. The van der Waals surface area contributed by atoms with Crippen molar-refractivity contribution < 1.29 is 80.2 Å². The average Bonchev–Trinajstić information content (AvgIpc) is 3.41. The van der Waals surface area contributed by atoms with Crippen LogP contribution in [0.1, 0.15) is 287 Å². The predicted molar refractivity (Wildman–Crippen MR) is 317 cm³/mol. The summed E-state index contributed by atoms with van der Waals surface area (Å²) >= 11 is 0. The molecule has 0 fully saturated rings. The molecule has 0 heterocycles. The second kappa shape index (κ2) is 51.5. The van der Waals surface area contributed by atoms with Crippen molar-refractivity contribution in [3.8, 4) is 0 Å². The summed E-state index contributed by atoms with van der Waals surface area (Å²) in [4.78, 5) is 72.0. The van der Waals surface area contributed by atoms with Gasteiger partial charge in [0.05, 0.1) is 26.4 Å². The maximum Gasteiger partial charge on any atom is 0.472 e. The van der Waals surface area contributed by atoms with Crippen LogP contribution in [0.5, 0.6) is 0 Å². The van der Waals surface area contributed by atoms with Gasteiger partial charge in [0.1, 0.15) is 19.3 Å².